The van der Waals surface area contributed by atoms with Crippen LogP contribution < -0.4 is 0 Å². The molecule has 0 aliphatic rings. The van der Waals surface area contributed by atoms with Crippen molar-refractivity contribution in [3.63, 3.8) is 0 Å². The summed E-state index contributed by atoms with van der Waals surface area (Å²) in [6.07, 6.45) is 1.82. The highest BCUT2D eigenvalue weighted by Crippen LogP contribution is 2.12. The second-order valence-electron chi connectivity index (χ2n) is 5.63. The van der Waals surface area contributed by atoms with Crippen molar-refractivity contribution < 1.29 is 5.11 Å². The molecule has 0 saturated carbocycles. The molecule has 0 spiro atoms. The molecule has 0 saturated heterocycles. The second kappa shape index (κ2) is 7.97. The number of phenolic OH excluding ortho intramolecular Hbond substituents is 1. The fourth-order valence-electron chi connectivity index (χ4n) is 2.43. The lowest BCUT2D eigenvalue weighted by atomic mass is 10.2. The van der Waals surface area contributed by atoms with Crippen LogP contribution in [0.4, 0.5) is 0 Å². The van der Waals surface area contributed by atoms with Crippen molar-refractivity contribution in [3.8, 4) is 5.75 Å². The molecule has 0 aromatic heterocycles. The van der Waals surface area contributed by atoms with Crippen LogP contribution in [-0.4, -0.2) is 16.3 Å². The van der Waals surface area contributed by atoms with Crippen LogP contribution >= 0.6 is 0 Å². The molecule has 3 nitrogen and oxygen atoms in total. The molecule has 120 valence electrons. The van der Waals surface area contributed by atoms with Crippen molar-refractivity contribution >= 4 is 6.21 Å². The van der Waals surface area contributed by atoms with Crippen LogP contribution in [0.3, 0.4) is 0 Å². The van der Waals surface area contributed by atoms with Gasteiger partial charge in [-0.2, -0.15) is 5.10 Å². The second-order valence-corrected chi connectivity index (χ2v) is 5.63. The van der Waals surface area contributed by atoms with Crippen molar-refractivity contribution in [3.05, 3.63) is 102 Å². The van der Waals surface area contributed by atoms with Gasteiger partial charge in [-0.15, -0.1) is 0 Å². The van der Waals surface area contributed by atoms with E-state index in [1.54, 1.807) is 12.1 Å². The van der Waals surface area contributed by atoms with Crippen LogP contribution in [0.15, 0.2) is 90.0 Å². The van der Waals surface area contributed by atoms with Gasteiger partial charge in [-0.1, -0.05) is 60.7 Å². The summed E-state index contributed by atoms with van der Waals surface area (Å²) >= 11 is 0. The Kier molecular flexibility index (Phi) is 5.25. The lowest BCUT2D eigenvalue weighted by Gasteiger charge is -2.19. The third-order valence-corrected chi connectivity index (χ3v) is 3.68. The summed E-state index contributed by atoms with van der Waals surface area (Å²) in [7, 11) is 0. The van der Waals surface area contributed by atoms with Gasteiger partial charge in [0.2, 0.25) is 0 Å². The normalized spacial score (nSPS) is 10.8. The SMILES string of the molecule is Oc1ccc(/C=N/N(Cc2ccccc2)Cc2ccccc2)cc1. The molecule has 1 N–H and O–H groups in total. The lowest BCUT2D eigenvalue weighted by Crippen LogP contribution is -2.17. The summed E-state index contributed by atoms with van der Waals surface area (Å²) in [6, 6.07) is 27.7. The molecule has 0 fully saturated rings. The number of phenols is 1. The zero-order valence-corrected chi connectivity index (χ0v) is 13.4. The van der Waals surface area contributed by atoms with Crippen LogP contribution in [0, 0.1) is 0 Å². The Hall–Kier alpha value is -3.07. The molecule has 0 unspecified atom stereocenters. The van der Waals surface area contributed by atoms with Gasteiger partial charge in [-0.05, 0) is 41.0 Å². The number of aromatic hydroxyl groups is 1. The van der Waals surface area contributed by atoms with Crippen LogP contribution in [0.5, 0.6) is 5.75 Å². The van der Waals surface area contributed by atoms with Crippen LogP contribution in [0.1, 0.15) is 16.7 Å². The molecular formula is C21H20N2O. The van der Waals surface area contributed by atoms with Crippen molar-refractivity contribution in [1.82, 2.24) is 5.01 Å². The van der Waals surface area contributed by atoms with Gasteiger partial charge in [0.1, 0.15) is 5.75 Å². The third kappa shape index (κ3) is 4.71. The van der Waals surface area contributed by atoms with Gasteiger partial charge in [-0.25, -0.2) is 0 Å². The number of benzene rings is 3. The fraction of sp³-hybridized carbons (Fsp3) is 0.0952. The molecule has 0 radical (unpaired) electrons. The van der Waals surface area contributed by atoms with E-state index in [1.807, 2.05) is 59.8 Å². The first-order valence-corrected chi connectivity index (χ1v) is 7.95. The van der Waals surface area contributed by atoms with E-state index in [9.17, 15) is 5.11 Å². The van der Waals surface area contributed by atoms with Gasteiger partial charge >= 0.3 is 0 Å². The molecule has 0 amide bonds. The summed E-state index contributed by atoms with van der Waals surface area (Å²) in [5, 5.41) is 16.0. The molecule has 24 heavy (non-hydrogen) atoms. The number of rotatable bonds is 6. The van der Waals surface area contributed by atoms with Crippen molar-refractivity contribution in [2.75, 3.05) is 0 Å². The van der Waals surface area contributed by atoms with E-state index in [0.717, 1.165) is 18.7 Å². The Morgan fingerprint density at radius 2 is 1.21 bits per heavy atom. The monoisotopic (exact) mass is 316 g/mol. The standard InChI is InChI=1S/C21H20N2O/c24-21-13-11-18(12-14-21)15-22-23(16-19-7-3-1-4-8-19)17-20-9-5-2-6-10-20/h1-15,24H,16-17H2/b22-15+. The van der Waals surface area contributed by atoms with E-state index in [1.165, 1.54) is 11.1 Å². The molecule has 3 heteroatoms. The van der Waals surface area contributed by atoms with Crippen molar-refractivity contribution in [1.29, 1.82) is 0 Å². The number of hydrogen-bond acceptors (Lipinski definition) is 3. The predicted molar refractivity (Wildman–Crippen MR) is 97.8 cm³/mol. The fourth-order valence-corrected chi connectivity index (χ4v) is 2.43. The maximum absolute atomic E-state index is 9.37. The number of hydrogen-bond donors (Lipinski definition) is 1. The molecule has 0 heterocycles. The molecule has 0 atom stereocenters. The maximum atomic E-state index is 9.37. The highest BCUT2D eigenvalue weighted by molar-refractivity contribution is 5.79. The van der Waals surface area contributed by atoms with Crippen LogP contribution in [0.25, 0.3) is 0 Å². The molecule has 0 bridgehead atoms. The Balaban J connectivity index is 1.77. The van der Waals surface area contributed by atoms with Gasteiger partial charge in [0, 0.05) is 0 Å². The Morgan fingerprint density at radius 1 is 0.708 bits per heavy atom. The van der Waals surface area contributed by atoms with E-state index in [4.69, 9.17) is 0 Å². The lowest BCUT2D eigenvalue weighted by molar-refractivity contribution is 0.272. The minimum absolute atomic E-state index is 0.262. The van der Waals surface area contributed by atoms with E-state index < -0.39 is 0 Å². The predicted octanol–water partition coefficient (Wildman–Crippen LogP) is 4.43. The Bertz CT molecular complexity index is 726. The highest BCUT2D eigenvalue weighted by atomic mass is 16.3. The summed E-state index contributed by atoms with van der Waals surface area (Å²) < 4.78 is 0. The zero-order valence-electron chi connectivity index (χ0n) is 13.4. The first-order valence-electron chi connectivity index (χ1n) is 7.95. The van der Waals surface area contributed by atoms with E-state index >= 15 is 0 Å². The summed E-state index contributed by atoms with van der Waals surface area (Å²) in [5.74, 6) is 0.262. The first kappa shape index (κ1) is 15.8. The largest absolute Gasteiger partial charge is 0.508 e. The van der Waals surface area contributed by atoms with Crippen LogP contribution in [-0.2, 0) is 13.1 Å². The summed E-state index contributed by atoms with van der Waals surface area (Å²) in [6.45, 7) is 1.48. The molecule has 3 rings (SSSR count). The highest BCUT2D eigenvalue weighted by Gasteiger charge is 2.04. The molecule has 0 aliphatic heterocycles. The average molecular weight is 316 g/mol. The molecule has 3 aromatic carbocycles. The van der Waals surface area contributed by atoms with Crippen molar-refractivity contribution in [2.45, 2.75) is 13.1 Å². The van der Waals surface area contributed by atoms with Crippen molar-refractivity contribution in [2.24, 2.45) is 5.10 Å². The number of nitrogens with zero attached hydrogens (tertiary/aromatic N) is 2. The smallest absolute Gasteiger partial charge is 0.115 e. The molecular weight excluding hydrogens is 296 g/mol. The van der Waals surface area contributed by atoms with Gasteiger partial charge < -0.3 is 5.11 Å². The van der Waals surface area contributed by atoms with Crippen LogP contribution in [0.2, 0.25) is 0 Å². The van der Waals surface area contributed by atoms with Gasteiger partial charge in [0.25, 0.3) is 0 Å². The average Bonchev–Trinajstić information content (AvgIpc) is 2.63. The van der Waals surface area contributed by atoms with Gasteiger partial charge in [0.05, 0.1) is 19.3 Å². The molecule has 3 aromatic rings. The van der Waals surface area contributed by atoms with E-state index in [2.05, 4.69) is 29.4 Å². The molecule has 0 aliphatic carbocycles. The number of hydrazone groups is 1. The summed E-state index contributed by atoms with van der Waals surface area (Å²) in [5.41, 5.74) is 3.39. The topological polar surface area (TPSA) is 35.8 Å². The zero-order chi connectivity index (χ0) is 16.6. The summed E-state index contributed by atoms with van der Waals surface area (Å²) in [4.78, 5) is 0. The maximum Gasteiger partial charge on any atom is 0.115 e. The third-order valence-electron chi connectivity index (χ3n) is 3.68. The first-order chi connectivity index (χ1) is 11.8. The Labute approximate surface area is 142 Å². The quantitative estimate of drug-likeness (QED) is 0.539. The van der Waals surface area contributed by atoms with E-state index in [-0.39, 0.29) is 5.75 Å². The van der Waals surface area contributed by atoms with Gasteiger partial charge in [0.15, 0.2) is 0 Å². The van der Waals surface area contributed by atoms with Gasteiger partial charge in [-0.3, -0.25) is 5.01 Å². The minimum Gasteiger partial charge on any atom is -0.508 e. The Morgan fingerprint density at radius 3 is 1.71 bits per heavy atom. The minimum atomic E-state index is 0.262. The van der Waals surface area contributed by atoms with E-state index in [0.29, 0.717) is 0 Å².